The molecule has 0 radical (unpaired) electrons. The first-order valence-corrected chi connectivity index (χ1v) is 6.53. The van der Waals surface area contributed by atoms with Crippen LogP contribution in [0.4, 0.5) is 0 Å². The molecule has 19 heavy (non-hydrogen) atoms. The molecule has 1 nitrogen and oxygen atoms in total. The lowest BCUT2D eigenvalue weighted by Crippen LogP contribution is -1.93. The molecule has 1 heteroatoms. The second-order valence-electron chi connectivity index (χ2n) is 4.75. The van der Waals surface area contributed by atoms with Gasteiger partial charge in [-0.3, -0.25) is 0 Å². The summed E-state index contributed by atoms with van der Waals surface area (Å²) in [5, 5.41) is 0. The molecule has 0 N–H and O–H groups in total. The lowest BCUT2D eigenvalue weighted by Gasteiger charge is -2.03. The van der Waals surface area contributed by atoms with Crippen LogP contribution in [0.15, 0.2) is 77.6 Å². The first-order chi connectivity index (χ1) is 9.42. The third-order valence-electron chi connectivity index (χ3n) is 3.31. The average molecular weight is 248 g/mol. The first-order valence-electron chi connectivity index (χ1n) is 6.53. The molecule has 0 aliphatic carbocycles. The molecule has 0 unspecified atom stereocenters. The molecule has 3 rings (SSSR count). The van der Waals surface area contributed by atoms with Crippen LogP contribution in [0.3, 0.4) is 0 Å². The van der Waals surface area contributed by atoms with Crippen molar-refractivity contribution in [1.82, 2.24) is 0 Å². The quantitative estimate of drug-likeness (QED) is 0.664. The van der Waals surface area contributed by atoms with E-state index in [4.69, 9.17) is 4.42 Å². The molecule has 3 aromatic rings. The molecule has 0 aliphatic heterocycles. The molecule has 0 amide bonds. The van der Waals surface area contributed by atoms with Gasteiger partial charge in [0, 0.05) is 12.8 Å². The Morgan fingerprint density at radius 1 is 0.579 bits per heavy atom. The minimum absolute atomic E-state index is 0.930. The van der Waals surface area contributed by atoms with Gasteiger partial charge >= 0.3 is 0 Å². The van der Waals surface area contributed by atoms with Gasteiger partial charge in [-0.15, -0.1) is 0 Å². The van der Waals surface area contributed by atoms with Crippen molar-refractivity contribution in [3.05, 3.63) is 95.4 Å². The van der Waals surface area contributed by atoms with E-state index in [1.54, 1.807) is 0 Å². The van der Waals surface area contributed by atoms with Gasteiger partial charge in [-0.25, -0.2) is 0 Å². The Kier molecular flexibility index (Phi) is 3.46. The van der Waals surface area contributed by atoms with Crippen molar-refractivity contribution < 1.29 is 4.42 Å². The minimum Gasteiger partial charge on any atom is -0.472 e. The zero-order valence-electron chi connectivity index (χ0n) is 10.8. The molecule has 0 saturated heterocycles. The smallest absolute Gasteiger partial charge is 0.0940 e. The number of hydrogen-bond acceptors (Lipinski definition) is 1. The van der Waals surface area contributed by atoms with Gasteiger partial charge in [0.2, 0.25) is 0 Å². The van der Waals surface area contributed by atoms with Gasteiger partial charge in [0.25, 0.3) is 0 Å². The molecule has 0 spiro atoms. The number of benzene rings is 2. The maximum Gasteiger partial charge on any atom is 0.0940 e. The van der Waals surface area contributed by atoms with Crippen LogP contribution in [-0.2, 0) is 12.8 Å². The Hall–Kier alpha value is -2.28. The van der Waals surface area contributed by atoms with Crippen molar-refractivity contribution >= 4 is 0 Å². The van der Waals surface area contributed by atoms with Gasteiger partial charge in [0.15, 0.2) is 0 Å². The fraction of sp³-hybridized carbons (Fsp3) is 0.111. The highest BCUT2D eigenvalue weighted by Gasteiger charge is 2.07. The van der Waals surface area contributed by atoms with E-state index in [1.807, 2.05) is 24.7 Å². The predicted molar refractivity (Wildman–Crippen MR) is 77.2 cm³/mol. The van der Waals surface area contributed by atoms with Crippen molar-refractivity contribution in [3.8, 4) is 0 Å². The van der Waals surface area contributed by atoms with Crippen molar-refractivity contribution in [2.24, 2.45) is 0 Å². The monoisotopic (exact) mass is 248 g/mol. The highest BCUT2D eigenvalue weighted by molar-refractivity contribution is 5.33. The maximum absolute atomic E-state index is 5.39. The topological polar surface area (TPSA) is 13.1 Å². The molecule has 0 aliphatic rings. The van der Waals surface area contributed by atoms with Crippen LogP contribution in [0.5, 0.6) is 0 Å². The van der Waals surface area contributed by atoms with E-state index in [1.165, 1.54) is 22.3 Å². The Morgan fingerprint density at radius 2 is 1.00 bits per heavy atom. The van der Waals surface area contributed by atoms with Gasteiger partial charge in [-0.2, -0.15) is 0 Å². The summed E-state index contributed by atoms with van der Waals surface area (Å²) in [6.07, 6.45) is 5.59. The van der Waals surface area contributed by atoms with Gasteiger partial charge in [0.05, 0.1) is 12.5 Å². The molecular weight excluding hydrogens is 232 g/mol. The predicted octanol–water partition coefficient (Wildman–Crippen LogP) is 4.46. The molecule has 1 aromatic heterocycles. The Bertz CT molecular complexity index is 567. The summed E-state index contributed by atoms with van der Waals surface area (Å²) in [6, 6.07) is 21.0. The normalized spacial score (nSPS) is 10.5. The number of hydrogen-bond donors (Lipinski definition) is 0. The summed E-state index contributed by atoms with van der Waals surface area (Å²) in [4.78, 5) is 0. The number of rotatable bonds is 4. The fourth-order valence-corrected chi connectivity index (χ4v) is 2.29. The molecule has 0 saturated carbocycles. The molecular formula is C18H16O. The van der Waals surface area contributed by atoms with Crippen molar-refractivity contribution in [2.45, 2.75) is 12.8 Å². The summed E-state index contributed by atoms with van der Waals surface area (Å²) in [5.41, 5.74) is 5.18. The summed E-state index contributed by atoms with van der Waals surface area (Å²) >= 11 is 0. The van der Waals surface area contributed by atoms with Crippen LogP contribution in [0.1, 0.15) is 22.3 Å². The largest absolute Gasteiger partial charge is 0.472 e. The maximum atomic E-state index is 5.39. The van der Waals surface area contributed by atoms with Gasteiger partial charge in [0.1, 0.15) is 0 Å². The standard InChI is InChI=1S/C18H16O/c1-3-7-15(8-4-1)11-17-13-19-14-18(17)12-16-9-5-2-6-10-16/h1-10,13-14H,11-12H2. The van der Waals surface area contributed by atoms with Crippen molar-refractivity contribution in [3.63, 3.8) is 0 Å². The van der Waals surface area contributed by atoms with E-state index in [0.717, 1.165) is 12.8 Å². The highest BCUT2D eigenvalue weighted by atomic mass is 16.3. The van der Waals surface area contributed by atoms with Crippen molar-refractivity contribution in [2.75, 3.05) is 0 Å². The van der Waals surface area contributed by atoms with Crippen LogP contribution >= 0.6 is 0 Å². The van der Waals surface area contributed by atoms with Crippen LogP contribution in [0.25, 0.3) is 0 Å². The molecule has 94 valence electrons. The van der Waals surface area contributed by atoms with Crippen LogP contribution in [0.2, 0.25) is 0 Å². The fourth-order valence-electron chi connectivity index (χ4n) is 2.29. The van der Waals surface area contributed by atoms with Gasteiger partial charge in [-0.05, 0) is 22.3 Å². The van der Waals surface area contributed by atoms with E-state index in [0.29, 0.717) is 0 Å². The Labute approximate surface area is 113 Å². The van der Waals surface area contributed by atoms with Crippen molar-refractivity contribution in [1.29, 1.82) is 0 Å². The summed E-state index contributed by atoms with van der Waals surface area (Å²) in [5.74, 6) is 0. The molecule has 0 fully saturated rings. The lowest BCUT2D eigenvalue weighted by molar-refractivity contribution is 0.562. The van der Waals surface area contributed by atoms with E-state index in [-0.39, 0.29) is 0 Å². The van der Waals surface area contributed by atoms with E-state index >= 15 is 0 Å². The highest BCUT2D eigenvalue weighted by Crippen LogP contribution is 2.19. The van der Waals surface area contributed by atoms with E-state index in [9.17, 15) is 0 Å². The third kappa shape index (κ3) is 2.94. The Morgan fingerprint density at radius 3 is 1.42 bits per heavy atom. The zero-order chi connectivity index (χ0) is 12.9. The SMILES string of the molecule is c1ccc(Cc2cocc2Cc2ccccc2)cc1. The molecule has 2 aromatic carbocycles. The van der Waals surface area contributed by atoms with Crippen LogP contribution in [0, 0.1) is 0 Å². The van der Waals surface area contributed by atoms with Crippen LogP contribution < -0.4 is 0 Å². The van der Waals surface area contributed by atoms with Gasteiger partial charge < -0.3 is 4.42 Å². The Balaban J connectivity index is 1.79. The summed E-state index contributed by atoms with van der Waals surface area (Å²) in [6.45, 7) is 0. The second kappa shape index (κ2) is 5.57. The zero-order valence-corrected chi connectivity index (χ0v) is 10.8. The third-order valence-corrected chi connectivity index (χ3v) is 3.31. The van der Waals surface area contributed by atoms with E-state index in [2.05, 4.69) is 48.5 Å². The lowest BCUT2D eigenvalue weighted by atomic mass is 9.99. The van der Waals surface area contributed by atoms with Gasteiger partial charge in [-0.1, -0.05) is 60.7 Å². The minimum atomic E-state index is 0.930. The summed E-state index contributed by atoms with van der Waals surface area (Å²) < 4.78 is 5.39. The van der Waals surface area contributed by atoms with E-state index < -0.39 is 0 Å². The second-order valence-corrected chi connectivity index (χ2v) is 4.75. The molecule has 0 atom stereocenters. The number of furan rings is 1. The summed E-state index contributed by atoms with van der Waals surface area (Å²) in [7, 11) is 0. The molecule has 0 bridgehead atoms. The average Bonchev–Trinajstić information content (AvgIpc) is 2.88. The first kappa shape index (κ1) is 11.8. The molecule has 1 heterocycles. The van der Waals surface area contributed by atoms with Crippen LogP contribution in [-0.4, -0.2) is 0 Å².